The van der Waals surface area contributed by atoms with Crippen molar-refractivity contribution < 1.29 is 19.1 Å². The number of hydrogen-bond acceptors (Lipinski definition) is 5. The van der Waals surface area contributed by atoms with Crippen LogP contribution in [0.3, 0.4) is 0 Å². The van der Waals surface area contributed by atoms with Crippen LogP contribution in [0.1, 0.15) is 52.7 Å². The molecule has 1 aliphatic rings. The smallest absolute Gasteiger partial charge is 0.431 e. The van der Waals surface area contributed by atoms with Crippen molar-refractivity contribution in [2.75, 3.05) is 4.90 Å². The largest absolute Gasteiger partial charge is 0.443 e. The van der Waals surface area contributed by atoms with Crippen LogP contribution in [-0.2, 0) is 15.9 Å². The summed E-state index contributed by atoms with van der Waals surface area (Å²) in [5, 5.41) is 1.24. The molecule has 1 aliphatic heterocycles. The van der Waals surface area contributed by atoms with Crippen molar-refractivity contribution in [3.8, 4) is 0 Å². The molecule has 1 atom stereocenters. The molecule has 1 heterocycles. The fourth-order valence-electron chi connectivity index (χ4n) is 3.54. The Labute approximate surface area is 190 Å². The van der Waals surface area contributed by atoms with Gasteiger partial charge in [-0.1, -0.05) is 35.9 Å². The third-order valence-electron chi connectivity index (χ3n) is 4.76. The Bertz CT molecular complexity index is 974. The molecule has 0 fully saturated rings. The van der Waals surface area contributed by atoms with Gasteiger partial charge in [-0.3, -0.25) is 0 Å². The molecule has 0 saturated heterocycles. The van der Waals surface area contributed by atoms with Crippen molar-refractivity contribution in [2.24, 2.45) is 0 Å². The average molecular weight is 440 g/mol. The standard InChI is InChI=1S/C25H33N3O4/c1-17-12-14-19(15-13-17)27-20-11-9-8-10-18(20)16-21(27)28(23(30)32-25(5,6)7)26-22(29)31-24(2,3)4/h8-15,21H,16H2,1-7H3,(H,26,29). The maximum atomic E-state index is 13.2. The number of carbonyl (C=O) groups excluding carboxylic acids is 2. The number of carbonyl (C=O) groups is 2. The molecule has 172 valence electrons. The van der Waals surface area contributed by atoms with E-state index in [1.807, 2.05) is 60.4 Å². The molecule has 7 nitrogen and oxygen atoms in total. The zero-order chi connectivity index (χ0) is 23.7. The van der Waals surface area contributed by atoms with E-state index in [9.17, 15) is 9.59 Å². The van der Waals surface area contributed by atoms with Gasteiger partial charge in [0.15, 0.2) is 0 Å². The SMILES string of the molecule is Cc1ccc(N2c3ccccc3CC2N(NC(=O)OC(C)(C)C)C(=O)OC(C)(C)C)cc1. The maximum Gasteiger partial charge on any atom is 0.431 e. The van der Waals surface area contributed by atoms with E-state index in [0.29, 0.717) is 6.42 Å². The number of amides is 2. The van der Waals surface area contributed by atoms with Crippen molar-refractivity contribution in [3.63, 3.8) is 0 Å². The fourth-order valence-corrected chi connectivity index (χ4v) is 3.54. The first kappa shape index (κ1) is 23.4. The second-order valence-electron chi connectivity index (χ2n) is 9.98. The number of anilines is 2. The predicted octanol–water partition coefficient (Wildman–Crippen LogP) is 5.69. The summed E-state index contributed by atoms with van der Waals surface area (Å²) in [6.07, 6.45) is -1.39. The van der Waals surface area contributed by atoms with E-state index in [1.165, 1.54) is 5.01 Å². The highest BCUT2D eigenvalue weighted by molar-refractivity contribution is 5.78. The van der Waals surface area contributed by atoms with Gasteiger partial charge in [0.1, 0.15) is 17.4 Å². The summed E-state index contributed by atoms with van der Waals surface area (Å²) >= 11 is 0. The van der Waals surface area contributed by atoms with Crippen LogP contribution in [-0.4, -0.2) is 34.6 Å². The van der Waals surface area contributed by atoms with Gasteiger partial charge in [0.05, 0.1) is 0 Å². The Hall–Kier alpha value is -3.22. The Morgan fingerprint density at radius 2 is 1.53 bits per heavy atom. The molecular formula is C25H33N3O4. The Balaban J connectivity index is 2.01. The molecule has 0 saturated carbocycles. The normalized spacial score (nSPS) is 15.7. The maximum absolute atomic E-state index is 13.2. The van der Waals surface area contributed by atoms with E-state index >= 15 is 0 Å². The van der Waals surface area contributed by atoms with E-state index in [2.05, 4.69) is 5.43 Å². The zero-order valence-corrected chi connectivity index (χ0v) is 19.9. The average Bonchev–Trinajstić information content (AvgIpc) is 3.03. The summed E-state index contributed by atoms with van der Waals surface area (Å²) in [5.41, 5.74) is 5.28. The molecule has 2 aromatic rings. The summed E-state index contributed by atoms with van der Waals surface area (Å²) in [6.45, 7) is 12.7. The van der Waals surface area contributed by atoms with Crippen LogP contribution in [0.4, 0.5) is 21.0 Å². The van der Waals surface area contributed by atoms with Crippen LogP contribution in [0.15, 0.2) is 48.5 Å². The first-order chi connectivity index (χ1) is 14.8. The van der Waals surface area contributed by atoms with Gasteiger partial charge in [-0.2, -0.15) is 5.01 Å². The summed E-state index contributed by atoms with van der Waals surface area (Å²) < 4.78 is 11.1. The molecule has 2 amide bonds. The highest BCUT2D eigenvalue weighted by atomic mass is 16.6. The number of hydrogen-bond donors (Lipinski definition) is 1. The van der Waals surface area contributed by atoms with Gasteiger partial charge in [0.2, 0.25) is 0 Å². The van der Waals surface area contributed by atoms with Gasteiger partial charge in [-0.25, -0.2) is 15.0 Å². The van der Waals surface area contributed by atoms with Crippen LogP contribution in [0, 0.1) is 6.92 Å². The van der Waals surface area contributed by atoms with Gasteiger partial charge in [0.25, 0.3) is 0 Å². The van der Waals surface area contributed by atoms with Gasteiger partial charge in [0, 0.05) is 17.8 Å². The van der Waals surface area contributed by atoms with E-state index in [4.69, 9.17) is 9.47 Å². The fraction of sp³-hybridized carbons (Fsp3) is 0.440. The number of fused-ring (bicyclic) bond motifs is 1. The third-order valence-corrected chi connectivity index (χ3v) is 4.76. The lowest BCUT2D eigenvalue weighted by Crippen LogP contribution is -2.58. The van der Waals surface area contributed by atoms with Crippen LogP contribution in [0.25, 0.3) is 0 Å². The van der Waals surface area contributed by atoms with Crippen molar-refractivity contribution in [1.29, 1.82) is 0 Å². The number of nitrogens with zero attached hydrogens (tertiary/aromatic N) is 2. The topological polar surface area (TPSA) is 71.1 Å². The number of rotatable bonds is 2. The van der Waals surface area contributed by atoms with Crippen LogP contribution in [0.5, 0.6) is 0 Å². The molecule has 0 bridgehead atoms. The highest BCUT2D eigenvalue weighted by Crippen LogP contribution is 2.39. The number of benzene rings is 2. The lowest BCUT2D eigenvalue weighted by Gasteiger charge is -2.37. The minimum Gasteiger partial charge on any atom is -0.443 e. The number of nitrogens with one attached hydrogen (secondary N) is 1. The van der Waals surface area contributed by atoms with E-state index < -0.39 is 29.6 Å². The van der Waals surface area contributed by atoms with Gasteiger partial charge in [-0.05, 0) is 72.2 Å². The number of hydrazine groups is 1. The third kappa shape index (κ3) is 5.72. The molecule has 0 spiro atoms. The van der Waals surface area contributed by atoms with Crippen LogP contribution < -0.4 is 10.3 Å². The number of ether oxygens (including phenoxy) is 2. The quantitative estimate of drug-likeness (QED) is 0.609. The second kappa shape index (κ2) is 8.73. The van der Waals surface area contributed by atoms with Gasteiger partial charge in [-0.15, -0.1) is 0 Å². The van der Waals surface area contributed by atoms with Gasteiger partial charge < -0.3 is 14.4 Å². The summed E-state index contributed by atoms with van der Waals surface area (Å²) in [7, 11) is 0. The molecule has 0 aliphatic carbocycles. The lowest BCUT2D eigenvalue weighted by atomic mass is 10.1. The second-order valence-corrected chi connectivity index (χ2v) is 9.98. The van der Waals surface area contributed by atoms with Crippen molar-refractivity contribution in [3.05, 3.63) is 59.7 Å². The molecular weight excluding hydrogens is 406 g/mol. The Morgan fingerprint density at radius 1 is 0.938 bits per heavy atom. The molecule has 1 N–H and O–H groups in total. The van der Waals surface area contributed by atoms with E-state index in [0.717, 1.165) is 22.5 Å². The lowest BCUT2D eigenvalue weighted by molar-refractivity contribution is -0.00805. The molecule has 2 aromatic carbocycles. The van der Waals surface area contributed by atoms with Crippen molar-refractivity contribution >= 4 is 23.6 Å². The number of aryl methyl sites for hydroxylation is 1. The first-order valence-corrected chi connectivity index (χ1v) is 10.8. The van der Waals surface area contributed by atoms with Crippen LogP contribution in [0.2, 0.25) is 0 Å². The van der Waals surface area contributed by atoms with E-state index in [1.54, 1.807) is 41.5 Å². The van der Waals surface area contributed by atoms with Gasteiger partial charge >= 0.3 is 12.2 Å². The van der Waals surface area contributed by atoms with Crippen molar-refractivity contribution in [2.45, 2.75) is 72.3 Å². The molecule has 0 radical (unpaired) electrons. The predicted molar refractivity (Wildman–Crippen MR) is 125 cm³/mol. The van der Waals surface area contributed by atoms with E-state index in [-0.39, 0.29) is 0 Å². The van der Waals surface area contributed by atoms with Crippen LogP contribution >= 0.6 is 0 Å². The van der Waals surface area contributed by atoms with Crippen molar-refractivity contribution in [1.82, 2.24) is 10.4 Å². The minimum absolute atomic E-state index is 0.513. The summed E-state index contributed by atoms with van der Waals surface area (Å²) in [4.78, 5) is 27.9. The minimum atomic E-state index is -0.731. The molecule has 3 rings (SSSR count). The Morgan fingerprint density at radius 3 is 2.12 bits per heavy atom. The number of para-hydroxylation sites is 1. The molecule has 0 aromatic heterocycles. The first-order valence-electron chi connectivity index (χ1n) is 10.8. The molecule has 1 unspecified atom stereocenters. The highest BCUT2D eigenvalue weighted by Gasteiger charge is 2.40. The molecule has 7 heteroatoms. The Kier molecular flexibility index (Phi) is 6.39. The molecule has 32 heavy (non-hydrogen) atoms. The summed E-state index contributed by atoms with van der Waals surface area (Å²) in [5.74, 6) is 0. The summed E-state index contributed by atoms with van der Waals surface area (Å²) in [6, 6.07) is 16.0. The zero-order valence-electron chi connectivity index (χ0n) is 19.9. The monoisotopic (exact) mass is 439 g/mol.